The standard InChI is InChI=1S/C28H45NO4S/c1-17-10-9-11-18(2)20(4)21(5)27(32)28(7,8)25(30)15-26(31)33-24(13-12-17)19(3)14-23-16-34-22(6)29-23/h12,14,16,18,20-21,24-25,27,30,32H,9-11,13,15H2,1-8H3/b17-12-,19-14+/t18-,20-,21+,24-,25-,27+/m0/s1. The van der Waals surface area contributed by atoms with E-state index in [1.807, 2.05) is 39.2 Å². The molecule has 5 nitrogen and oxygen atoms in total. The zero-order chi connectivity index (χ0) is 25.6. The number of ether oxygens (including phenoxy) is 1. The van der Waals surface area contributed by atoms with E-state index in [-0.39, 0.29) is 12.3 Å². The van der Waals surface area contributed by atoms with E-state index >= 15 is 0 Å². The average molecular weight is 492 g/mol. The molecule has 1 aromatic rings. The van der Waals surface area contributed by atoms with Crippen molar-refractivity contribution < 1.29 is 19.7 Å². The van der Waals surface area contributed by atoms with Crippen LogP contribution in [0.25, 0.3) is 6.08 Å². The molecular weight excluding hydrogens is 446 g/mol. The minimum absolute atomic E-state index is 0.000269. The first-order valence-corrected chi connectivity index (χ1v) is 13.5. The van der Waals surface area contributed by atoms with Crippen LogP contribution < -0.4 is 0 Å². The van der Waals surface area contributed by atoms with E-state index in [1.165, 1.54) is 5.57 Å². The van der Waals surface area contributed by atoms with Crippen molar-refractivity contribution in [2.24, 2.45) is 23.2 Å². The van der Waals surface area contributed by atoms with Gasteiger partial charge in [-0.3, -0.25) is 4.79 Å². The van der Waals surface area contributed by atoms with Gasteiger partial charge in [0.2, 0.25) is 0 Å². The second-order valence-corrected chi connectivity index (χ2v) is 12.1. The number of aliphatic hydroxyl groups is 2. The van der Waals surface area contributed by atoms with E-state index in [4.69, 9.17) is 4.74 Å². The molecule has 1 aromatic heterocycles. The van der Waals surface area contributed by atoms with Crippen molar-refractivity contribution in [3.05, 3.63) is 33.3 Å². The van der Waals surface area contributed by atoms with Gasteiger partial charge in [0, 0.05) is 17.2 Å². The summed E-state index contributed by atoms with van der Waals surface area (Å²) >= 11 is 1.59. The summed E-state index contributed by atoms with van der Waals surface area (Å²) in [6.07, 6.45) is 5.61. The van der Waals surface area contributed by atoms with E-state index in [2.05, 4.69) is 38.8 Å². The number of allylic oxidation sites excluding steroid dienone is 1. The average Bonchev–Trinajstić information content (AvgIpc) is 3.18. The first-order chi connectivity index (χ1) is 15.8. The quantitative estimate of drug-likeness (QED) is 0.373. The number of carbonyl (C=O) groups is 1. The molecule has 0 fully saturated rings. The zero-order valence-electron chi connectivity index (χ0n) is 22.3. The number of esters is 1. The van der Waals surface area contributed by atoms with Crippen molar-refractivity contribution in [3.8, 4) is 0 Å². The first kappa shape index (κ1) is 28.7. The Morgan fingerprint density at radius 2 is 1.88 bits per heavy atom. The number of cyclic esters (lactones) is 1. The summed E-state index contributed by atoms with van der Waals surface area (Å²) in [6.45, 7) is 16.2. The lowest BCUT2D eigenvalue weighted by Crippen LogP contribution is -2.47. The smallest absolute Gasteiger partial charge is 0.309 e. The fourth-order valence-corrected chi connectivity index (χ4v) is 5.35. The van der Waals surface area contributed by atoms with Gasteiger partial charge in [-0.15, -0.1) is 11.3 Å². The molecule has 0 aliphatic carbocycles. The molecule has 2 heterocycles. The second-order valence-electron chi connectivity index (χ2n) is 11.0. The van der Waals surface area contributed by atoms with Crippen LogP contribution >= 0.6 is 11.3 Å². The van der Waals surface area contributed by atoms with E-state index in [0.717, 1.165) is 35.5 Å². The first-order valence-electron chi connectivity index (χ1n) is 12.6. The highest BCUT2D eigenvalue weighted by atomic mass is 32.1. The number of aliphatic hydroxyl groups excluding tert-OH is 2. The molecule has 6 heteroatoms. The van der Waals surface area contributed by atoms with E-state index in [0.29, 0.717) is 18.3 Å². The molecule has 0 spiro atoms. The Hall–Kier alpha value is -1.50. The molecule has 2 rings (SSSR count). The third-order valence-electron chi connectivity index (χ3n) is 7.91. The van der Waals surface area contributed by atoms with Crippen molar-refractivity contribution >= 4 is 23.4 Å². The summed E-state index contributed by atoms with van der Waals surface area (Å²) in [6, 6.07) is 0. The third-order valence-corrected chi connectivity index (χ3v) is 8.70. The maximum absolute atomic E-state index is 12.9. The van der Waals surface area contributed by atoms with Gasteiger partial charge < -0.3 is 14.9 Å². The molecular formula is C28H45NO4S. The largest absolute Gasteiger partial charge is 0.457 e. The highest BCUT2D eigenvalue weighted by Crippen LogP contribution is 2.38. The van der Waals surface area contributed by atoms with Crippen molar-refractivity contribution in [2.45, 2.75) is 106 Å². The molecule has 1 aliphatic rings. The van der Waals surface area contributed by atoms with E-state index in [9.17, 15) is 15.0 Å². The van der Waals surface area contributed by atoms with Crippen LogP contribution in [0.15, 0.2) is 22.6 Å². The number of aromatic nitrogens is 1. The molecule has 0 unspecified atom stereocenters. The molecule has 192 valence electrons. The van der Waals surface area contributed by atoms with Crippen LogP contribution in [-0.2, 0) is 9.53 Å². The fraction of sp³-hybridized carbons (Fsp3) is 0.714. The van der Waals surface area contributed by atoms with Gasteiger partial charge in [0.05, 0.1) is 29.3 Å². The predicted molar refractivity (Wildman–Crippen MR) is 141 cm³/mol. The summed E-state index contributed by atoms with van der Waals surface area (Å²) < 4.78 is 5.89. The van der Waals surface area contributed by atoms with Gasteiger partial charge in [0.25, 0.3) is 0 Å². The Balaban J connectivity index is 2.32. The molecule has 0 radical (unpaired) electrons. The molecule has 0 amide bonds. The molecule has 6 atom stereocenters. The fourth-order valence-electron chi connectivity index (χ4n) is 4.78. The van der Waals surface area contributed by atoms with Crippen LogP contribution in [-0.4, -0.2) is 39.5 Å². The van der Waals surface area contributed by atoms with E-state index < -0.39 is 29.7 Å². The van der Waals surface area contributed by atoms with Crippen molar-refractivity contribution in [2.75, 3.05) is 0 Å². The number of hydrogen-bond donors (Lipinski definition) is 2. The van der Waals surface area contributed by atoms with Gasteiger partial charge in [-0.25, -0.2) is 4.98 Å². The van der Waals surface area contributed by atoms with Crippen LogP contribution in [0, 0.1) is 30.1 Å². The lowest BCUT2D eigenvalue weighted by molar-refractivity contribution is -0.154. The monoisotopic (exact) mass is 491 g/mol. The van der Waals surface area contributed by atoms with Crippen molar-refractivity contribution in [1.82, 2.24) is 4.98 Å². The van der Waals surface area contributed by atoms with Gasteiger partial charge in [0.15, 0.2) is 0 Å². The predicted octanol–water partition coefficient (Wildman–Crippen LogP) is 6.33. The highest BCUT2D eigenvalue weighted by molar-refractivity contribution is 7.09. The van der Waals surface area contributed by atoms with Crippen LogP contribution in [0.3, 0.4) is 0 Å². The SMILES string of the molecule is C/C1=C/C[C@@H](/C(C)=C/c2csc(C)n2)OC(=O)C[C@H](O)C(C)(C)[C@H](O)[C@H](C)[C@@H](C)[C@@H](C)CCC1. The number of thiazole rings is 1. The molecule has 1 aliphatic heterocycles. The summed E-state index contributed by atoms with van der Waals surface area (Å²) in [5.74, 6) is 0.312. The van der Waals surface area contributed by atoms with E-state index in [1.54, 1.807) is 11.3 Å². The minimum Gasteiger partial charge on any atom is -0.457 e. The number of aryl methyl sites for hydroxylation is 1. The molecule has 2 N–H and O–H groups in total. The van der Waals surface area contributed by atoms with Crippen molar-refractivity contribution in [1.29, 1.82) is 0 Å². The van der Waals surface area contributed by atoms with Gasteiger partial charge in [0.1, 0.15) is 6.10 Å². The molecule has 0 aromatic carbocycles. The Morgan fingerprint density at radius 1 is 1.21 bits per heavy atom. The van der Waals surface area contributed by atoms with Crippen LogP contribution in [0.2, 0.25) is 0 Å². The Kier molecular flexibility index (Phi) is 10.5. The van der Waals surface area contributed by atoms with Crippen molar-refractivity contribution in [3.63, 3.8) is 0 Å². The lowest BCUT2D eigenvalue weighted by atomic mass is 9.69. The van der Waals surface area contributed by atoms with Gasteiger partial charge in [-0.1, -0.05) is 52.7 Å². The summed E-state index contributed by atoms with van der Waals surface area (Å²) in [4.78, 5) is 17.4. The lowest BCUT2D eigenvalue weighted by Gasteiger charge is -2.41. The summed E-state index contributed by atoms with van der Waals surface area (Å²) in [5.41, 5.74) is 2.25. The second kappa shape index (κ2) is 12.5. The van der Waals surface area contributed by atoms with Gasteiger partial charge in [-0.05, 0) is 63.0 Å². The molecule has 0 bridgehead atoms. The summed E-state index contributed by atoms with van der Waals surface area (Å²) in [5, 5.41) is 25.1. The molecule has 34 heavy (non-hydrogen) atoms. The molecule has 0 saturated carbocycles. The Morgan fingerprint density at radius 3 is 2.50 bits per heavy atom. The van der Waals surface area contributed by atoms with Crippen LogP contribution in [0.1, 0.15) is 91.3 Å². The number of nitrogens with zero attached hydrogens (tertiary/aromatic N) is 1. The van der Waals surface area contributed by atoms with Crippen LogP contribution in [0.4, 0.5) is 0 Å². The third kappa shape index (κ3) is 7.76. The topological polar surface area (TPSA) is 79.7 Å². The number of rotatable bonds is 2. The maximum Gasteiger partial charge on any atom is 0.309 e. The van der Waals surface area contributed by atoms with Crippen LogP contribution in [0.5, 0.6) is 0 Å². The van der Waals surface area contributed by atoms with Gasteiger partial charge in [-0.2, -0.15) is 0 Å². The van der Waals surface area contributed by atoms with Gasteiger partial charge >= 0.3 is 5.97 Å². The number of carbonyl (C=O) groups excluding carboxylic acids is 1. The minimum atomic E-state index is -1.00. The number of hydrogen-bond acceptors (Lipinski definition) is 6. The maximum atomic E-state index is 12.9. The summed E-state index contributed by atoms with van der Waals surface area (Å²) in [7, 11) is 0. The normalized spacial score (nSPS) is 34.2. The Labute approximate surface area is 210 Å². The Bertz CT molecular complexity index is 872. The highest BCUT2D eigenvalue weighted by Gasteiger charge is 2.41. The zero-order valence-corrected chi connectivity index (χ0v) is 23.1. The molecule has 0 saturated heterocycles.